The van der Waals surface area contributed by atoms with Gasteiger partial charge in [-0.25, -0.2) is 0 Å². The third kappa shape index (κ3) is 2.59. The minimum atomic E-state index is -0.131. The highest BCUT2D eigenvalue weighted by molar-refractivity contribution is 5.76. The van der Waals surface area contributed by atoms with Gasteiger partial charge in [0, 0.05) is 0 Å². The highest BCUT2D eigenvalue weighted by Gasteiger charge is 2.45. The number of esters is 1. The minimum absolute atomic E-state index is 0.0667. The normalized spacial score (nSPS) is 29.4. The van der Waals surface area contributed by atoms with Gasteiger partial charge in [-0.2, -0.15) is 0 Å². The number of fused-ring (bicyclic) bond motifs is 2. The maximum absolute atomic E-state index is 12.2. The van der Waals surface area contributed by atoms with Crippen molar-refractivity contribution in [3.63, 3.8) is 0 Å². The van der Waals surface area contributed by atoms with Crippen LogP contribution in [0.4, 0.5) is 0 Å². The van der Waals surface area contributed by atoms with Crippen molar-refractivity contribution in [2.45, 2.75) is 57.7 Å². The van der Waals surface area contributed by atoms with E-state index in [0.29, 0.717) is 11.7 Å². The molecule has 3 rings (SSSR count). The molecule has 0 aromatic heterocycles. The smallest absolute Gasteiger partial charge is 0.317 e. The molecule has 2 bridgehead atoms. The zero-order chi connectivity index (χ0) is 14.1. The lowest BCUT2D eigenvalue weighted by atomic mass is 9.89. The topological polar surface area (TPSA) is 35.5 Å². The lowest BCUT2D eigenvalue weighted by Gasteiger charge is -2.17. The summed E-state index contributed by atoms with van der Waals surface area (Å²) in [6.45, 7) is 4.38. The molecule has 20 heavy (non-hydrogen) atoms. The van der Waals surface area contributed by atoms with Crippen LogP contribution in [0, 0.1) is 5.92 Å². The number of benzene rings is 1. The van der Waals surface area contributed by atoms with Crippen LogP contribution in [-0.4, -0.2) is 18.2 Å². The van der Waals surface area contributed by atoms with Gasteiger partial charge in [0.15, 0.2) is 0 Å². The number of ether oxygens (including phenoxy) is 2. The molecule has 2 heterocycles. The molecular formula is C17H22O3. The van der Waals surface area contributed by atoms with Crippen LogP contribution in [-0.2, 0) is 9.53 Å². The summed E-state index contributed by atoms with van der Waals surface area (Å²) in [5.41, 5.74) is 1.29. The SMILES string of the molecule is CCC(C)c1ccc(OC(=O)C2CC3CCC2O3)cc1. The molecule has 0 radical (unpaired) electrons. The maximum atomic E-state index is 12.2. The highest BCUT2D eigenvalue weighted by atomic mass is 16.5. The van der Waals surface area contributed by atoms with Crippen LogP contribution >= 0.6 is 0 Å². The first-order valence-corrected chi connectivity index (χ1v) is 7.64. The molecule has 2 aliphatic heterocycles. The molecule has 108 valence electrons. The first-order chi connectivity index (χ1) is 9.67. The van der Waals surface area contributed by atoms with Crippen LogP contribution < -0.4 is 4.74 Å². The zero-order valence-corrected chi connectivity index (χ0v) is 12.2. The molecular weight excluding hydrogens is 252 g/mol. The summed E-state index contributed by atoms with van der Waals surface area (Å²) in [7, 11) is 0. The van der Waals surface area contributed by atoms with E-state index in [-0.39, 0.29) is 24.1 Å². The minimum Gasteiger partial charge on any atom is -0.426 e. The predicted molar refractivity (Wildman–Crippen MR) is 76.8 cm³/mol. The van der Waals surface area contributed by atoms with Gasteiger partial charge in [0.2, 0.25) is 0 Å². The molecule has 4 atom stereocenters. The van der Waals surface area contributed by atoms with Crippen molar-refractivity contribution < 1.29 is 14.3 Å². The largest absolute Gasteiger partial charge is 0.426 e. The molecule has 0 aliphatic carbocycles. The number of hydrogen-bond donors (Lipinski definition) is 0. The Morgan fingerprint density at radius 1 is 1.35 bits per heavy atom. The van der Waals surface area contributed by atoms with E-state index in [1.165, 1.54) is 5.56 Å². The quantitative estimate of drug-likeness (QED) is 0.620. The van der Waals surface area contributed by atoms with E-state index in [0.717, 1.165) is 25.7 Å². The van der Waals surface area contributed by atoms with Gasteiger partial charge >= 0.3 is 5.97 Å². The van der Waals surface area contributed by atoms with E-state index < -0.39 is 0 Å². The van der Waals surface area contributed by atoms with E-state index in [1.807, 2.05) is 24.3 Å². The van der Waals surface area contributed by atoms with Gasteiger partial charge in [-0.3, -0.25) is 4.79 Å². The van der Waals surface area contributed by atoms with Crippen LogP contribution in [0.25, 0.3) is 0 Å². The number of rotatable bonds is 4. The Bertz CT molecular complexity index is 480. The van der Waals surface area contributed by atoms with Crippen molar-refractivity contribution in [3.05, 3.63) is 29.8 Å². The summed E-state index contributed by atoms with van der Waals surface area (Å²) in [5, 5.41) is 0. The lowest BCUT2D eigenvalue weighted by molar-refractivity contribution is -0.140. The molecule has 1 aromatic carbocycles. The average molecular weight is 274 g/mol. The Hall–Kier alpha value is -1.35. The number of carbonyl (C=O) groups is 1. The fourth-order valence-electron chi connectivity index (χ4n) is 3.18. The van der Waals surface area contributed by atoms with E-state index >= 15 is 0 Å². The van der Waals surface area contributed by atoms with Crippen LogP contribution in [0.15, 0.2) is 24.3 Å². The molecule has 0 amide bonds. The predicted octanol–water partition coefficient (Wildman–Crippen LogP) is 3.67. The molecule has 1 aromatic rings. The summed E-state index contributed by atoms with van der Waals surface area (Å²) in [5.74, 6) is 0.986. The first kappa shape index (κ1) is 13.6. The van der Waals surface area contributed by atoms with Gasteiger partial charge in [0.05, 0.1) is 18.1 Å². The van der Waals surface area contributed by atoms with Crippen molar-refractivity contribution in [3.8, 4) is 5.75 Å². The molecule has 3 nitrogen and oxygen atoms in total. The monoisotopic (exact) mass is 274 g/mol. The average Bonchev–Trinajstić information content (AvgIpc) is 3.10. The van der Waals surface area contributed by atoms with Crippen LogP contribution in [0.2, 0.25) is 0 Å². The molecule has 0 spiro atoms. The molecule has 4 unspecified atom stereocenters. The molecule has 0 N–H and O–H groups in total. The number of hydrogen-bond acceptors (Lipinski definition) is 3. The van der Waals surface area contributed by atoms with Crippen molar-refractivity contribution >= 4 is 5.97 Å². The van der Waals surface area contributed by atoms with Crippen LogP contribution in [0.3, 0.4) is 0 Å². The Kier molecular flexibility index (Phi) is 3.79. The van der Waals surface area contributed by atoms with Crippen molar-refractivity contribution in [2.24, 2.45) is 5.92 Å². The Labute approximate surface area is 120 Å². The first-order valence-electron chi connectivity index (χ1n) is 7.64. The van der Waals surface area contributed by atoms with Crippen molar-refractivity contribution in [1.29, 1.82) is 0 Å². The number of carbonyl (C=O) groups excluding carboxylic acids is 1. The molecule has 3 heteroatoms. The molecule has 2 aliphatic rings. The summed E-state index contributed by atoms with van der Waals surface area (Å²) in [4.78, 5) is 12.2. The van der Waals surface area contributed by atoms with Gasteiger partial charge in [-0.05, 0) is 49.3 Å². The van der Waals surface area contributed by atoms with E-state index in [2.05, 4.69) is 13.8 Å². The Morgan fingerprint density at radius 3 is 2.65 bits per heavy atom. The van der Waals surface area contributed by atoms with Crippen molar-refractivity contribution in [2.75, 3.05) is 0 Å². The van der Waals surface area contributed by atoms with E-state index in [4.69, 9.17) is 9.47 Å². The van der Waals surface area contributed by atoms with Crippen LogP contribution in [0.5, 0.6) is 5.75 Å². The molecule has 2 saturated heterocycles. The van der Waals surface area contributed by atoms with Gasteiger partial charge in [0.25, 0.3) is 0 Å². The zero-order valence-electron chi connectivity index (χ0n) is 12.2. The van der Waals surface area contributed by atoms with Gasteiger partial charge in [-0.15, -0.1) is 0 Å². The van der Waals surface area contributed by atoms with Gasteiger partial charge in [0.1, 0.15) is 5.75 Å². The second kappa shape index (κ2) is 5.57. The summed E-state index contributed by atoms with van der Waals surface area (Å²) >= 11 is 0. The van der Waals surface area contributed by atoms with E-state index in [1.54, 1.807) is 0 Å². The second-order valence-electron chi connectivity index (χ2n) is 6.02. The summed E-state index contributed by atoms with van der Waals surface area (Å²) in [6, 6.07) is 7.89. The molecule has 2 fully saturated rings. The molecule has 0 saturated carbocycles. The standard InChI is InChI=1S/C17H22O3/c1-3-11(2)12-4-6-13(7-5-12)20-17(18)15-10-14-8-9-16(15)19-14/h4-7,11,14-16H,3,8-10H2,1-2H3. The fourth-order valence-corrected chi connectivity index (χ4v) is 3.18. The second-order valence-corrected chi connectivity index (χ2v) is 6.02. The Morgan fingerprint density at radius 2 is 2.10 bits per heavy atom. The third-order valence-corrected chi connectivity index (χ3v) is 4.69. The summed E-state index contributed by atoms with van der Waals surface area (Å²) in [6.07, 6.45) is 4.41. The van der Waals surface area contributed by atoms with E-state index in [9.17, 15) is 4.79 Å². The van der Waals surface area contributed by atoms with Gasteiger partial charge in [-0.1, -0.05) is 26.0 Å². The van der Waals surface area contributed by atoms with Crippen molar-refractivity contribution in [1.82, 2.24) is 0 Å². The van der Waals surface area contributed by atoms with Crippen LogP contribution in [0.1, 0.15) is 51.0 Å². The summed E-state index contributed by atoms with van der Waals surface area (Å²) < 4.78 is 11.2. The lowest BCUT2D eigenvalue weighted by Crippen LogP contribution is -2.29. The maximum Gasteiger partial charge on any atom is 0.317 e. The fraction of sp³-hybridized carbons (Fsp3) is 0.588. The van der Waals surface area contributed by atoms with Gasteiger partial charge < -0.3 is 9.47 Å². The Balaban J connectivity index is 1.61. The third-order valence-electron chi connectivity index (χ3n) is 4.69. The highest BCUT2D eigenvalue weighted by Crippen LogP contribution is 2.39.